The second-order valence-electron chi connectivity index (χ2n) is 4.21. The first-order valence-electron chi connectivity index (χ1n) is 5.88. The smallest absolute Gasteiger partial charge is 0.242 e. The van der Waals surface area contributed by atoms with Crippen molar-refractivity contribution in [3.05, 3.63) is 46.7 Å². The lowest BCUT2D eigenvalue weighted by Crippen LogP contribution is -2.19. The first kappa shape index (κ1) is 15.7. The SMILES string of the molecule is CNS(=O)(=O)c1ccc(Nc2ccc(Br)cc2F)cc1N. The molecule has 0 atom stereocenters. The first-order valence-corrected chi connectivity index (χ1v) is 8.16. The molecular formula is C13H13BrFN3O2S. The Kier molecular flexibility index (Phi) is 4.50. The maximum atomic E-state index is 13.7. The van der Waals surface area contributed by atoms with E-state index in [1.165, 1.54) is 31.3 Å². The van der Waals surface area contributed by atoms with Gasteiger partial charge in [-0.1, -0.05) is 15.9 Å². The Balaban J connectivity index is 2.33. The van der Waals surface area contributed by atoms with Gasteiger partial charge in [0.15, 0.2) is 0 Å². The van der Waals surface area contributed by atoms with E-state index >= 15 is 0 Å². The Morgan fingerprint density at radius 3 is 2.48 bits per heavy atom. The van der Waals surface area contributed by atoms with Gasteiger partial charge in [-0.15, -0.1) is 0 Å². The van der Waals surface area contributed by atoms with Crippen molar-refractivity contribution in [1.82, 2.24) is 4.72 Å². The number of sulfonamides is 1. The molecule has 8 heteroatoms. The van der Waals surface area contributed by atoms with Crippen LogP contribution in [0.1, 0.15) is 0 Å². The van der Waals surface area contributed by atoms with Gasteiger partial charge in [-0.05, 0) is 43.4 Å². The molecule has 0 aliphatic rings. The van der Waals surface area contributed by atoms with Crippen molar-refractivity contribution in [1.29, 1.82) is 0 Å². The molecule has 0 unspecified atom stereocenters. The van der Waals surface area contributed by atoms with Crippen molar-refractivity contribution in [2.45, 2.75) is 4.90 Å². The summed E-state index contributed by atoms with van der Waals surface area (Å²) >= 11 is 3.17. The number of nitrogen functional groups attached to an aromatic ring is 1. The topological polar surface area (TPSA) is 84.2 Å². The van der Waals surface area contributed by atoms with Gasteiger partial charge in [-0.2, -0.15) is 0 Å². The molecule has 4 N–H and O–H groups in total. The molecule has 0 spiro atoms. The molecule has 0 radical (unpaired) electrons. The van der Waals surface area contributed by atoms with Crippen LogP contribution in [-0.2, 0) is 10.0 Å². The van der Waals surface area contributed by atoms with Crippen molar-refractivity contribution in [2.75, 3.05) is 18.1 Å². The Labute approximate surface area is 130 Å². The molecular weight excluding hydrogens is 361 g/mol. The lowest BCUT2D eigenvalue weighted by molar-refractivity contribution is 0.588. The van der Waals surface area contributed by atoms with Crippen molar-refractivity contribution in [2.24, 2.45) is 0 Å². The van der Waals surface area contributed by atoms with Crippen LogP contribution in [0.4, 0.5) is 21.5 Å². The average Bonchev–Trinajstić information content (AvgIpc) is 2.42. The lowest BCUT2D eigenvalue weighted by Gasteiger charge is -2.11. The summed E-state index contributed by atoms with van der Waals surface area (Å²) in [5.41, 5.74) is 6.57. The normalized spacial score (nSPS) is 11.4. The molecule has 21 heavy (non-hydrogen) atoms. The summed E-state index contributed by atoms with van der Waals surface area (Å²) in [6.07, 6.45) is 0. The van der Waals surface area contributed by atoms with Gasteiger partial charge in [-0.3, -0.25) is 0 Å². The van der Waals surface area contributed by atoms with E-state index in [1.807, 2.05) is 0 Å². The highest BCUT2D eigenvalue weighted by Crippen LogP contribution is 2.27. The van der Waals surface area contributed by atoms with Gasteiger partial charge in [0.05, 0.1) is 11.4 Å². The highest BCUT2D eigenvalue weighted by atomic mass is 79.9. The van der Waals surface area contributed by atoms with Crippen LogP contribution in [0.25, 0.3) is 0 Å². The number of nitrogens with two attached hydrogens (primary N) is 1. The molecule has 0 saturated carbocycles. The summed E-state index contributed by atoms with van der Waals surface area (Å²) in [5, 5.41) is 2.85. The van der Waals surface area contributed by atoms with Crippen molar-refractivity contribution in [3.63, 3.8) is 0 Å². The maximum Gasteiger partial charge on any atom is 0.242 e. The number of anilines is 3. The number of nitrogens with one attached hydrogen (secondary N) is 2. The van der Waals surface area contributed by atoms with E-state index in [9.17, 15) is 12.8 Å². The van der Waals surface area contributed by atoms with Crippen LogP contribution in [-0.4, -0.2) is 15.5 Å². The third-order valence-corrected chi connectivity index (χ3v) is 4.76. The molecule has 2 aromatic rings. The maximum absolute atomic E-state index is 13.7. The number of hydrogen-bond acceptors (Lipinski definition) is 4. The van der Waals surface area contributed by atoms with E-state index in [-0.39, 0.29) is 16.3 Å². The second kappa shape index (κ2) is 6.00. The predicted molar refractivity (Wildman–Crippen MR) is 84.5 cm³/mol. The van der Waals surface area contributed by atoms with E-state index in [1.54, 1.807) is 12.1 Å². The predicted octanol–water partition coefficient (Wildman–Crippen LogP) is 2.82. The lowest BCUT2D eigenvalue weighted by atomic mass is 10.2. The number of halogens is 2. The van der Waals surface area contributed by atoms with Crippen LogP contribution in [0.2, 0.25) is 0 Å². The van der Waals surface area contributed by atoms with Crippen LogP contribution in [0, 0.1) is 5.82 Å². The minimum atomic E-state index is -3.62. The molecule has 0 amide bonds. The highest BCUT2D eigenvalue weighted by molar-refractivity contribution is 9.10. The van der Waals surface area contributed by atoms with Gasteiger partial charge in [0.1, 0.15) is 10.7 Å². The molecule has 0 bridgehead atoms. The van der Waals surface area contributed by atoms with Crippen LogP contribution >= 0.6 is 15.9 Å². The Morgan fingerprint density at radius 1 is 1.19 bits per heavy atom. The fraction of sp³-hybridized carbons (Fsp3) is 0.0769. The zero-order valence-corrected chi connectivity index (χ0v) is 13.4. The zero-order valence-electron chi connectivity index (χ0n) is 11.0. The first-order chi connectivity index (χ1) is 9.83. The number of rotatable bonds is 4. The Hall–Kier alpha value is -1.64. The van der Waals surface area contributed by atoms with Crippen LogP contribution in [0.3, 0.4) is 0 Å². The summed E-state index contributed by atoms with van der Waals surface area (Å²) < 4.78 is 40.0. The molecule has 0 heterocycles. The number of benzene rings is 2. The Morgan fingerprint density at radius 2 is 1.90 bits per heavy atom. The molecule has 0 aliphatic carbocycles. The summed E-state index contributed by atoms with van der Waals surface area (Å²) in [6, 6.07) is 8.89. The summed E-state index contributed by atoms with van der Waals surface area (Å²) in [6.45, 7) is 0. The quantitative estimate of drug-likeness (QED) is 0.719. The van der Waals surface area contributed by atoms with E-state index in [0.29, 0.717) is 10.2 Å². The van der Waals surface area contributed by atoms with E-state index in [4.69, 9.17) is 5.73 Å². The van der Waals surface area contributed by atoms with E-state index < -0.39 is 15.8 Å². The van der Waals surface area contributed by atoms with Gasteiger partial charge < -0.3 is 11.1 Å². The van der Waals surface area contributed by atoms with Crippen LogP contribution in [0.5, 0.6) is 0 Å². The third-order valence-electron chi connectivity index (χ3n) is 2.78. The molecule has 112 valence electrons. The molecule has 5 nitrogen and oxygen atoms in total. The van der Waals surface area contributed by atoms with E-state index in [2.05, 4.69) is 26.0 Å². The van der Waals surface area contributed by atoms with Crippen molar-refractivity contribution < 1.29 is 12.8 Å². The van der Waals surface area contributed by atoms with Gasteiger partial charge in [0.2, 0.25) is 10.0 Å². The average molecular weight is 374 g/mol. The monoisotopic (exact) mass is 373 g/mol. The standard InChI is InChI=1S/C13H13BrFN3O2S/c1-17-21(19,20)13-5-3-9(7-11(13)16)18-12-4-2-8(14)6-10(12)15/h2-7,17-18H,16H2,1H3. The molecule has 2 rings (SSSR count). The third kappa shape index (κ3) is 3.52. The van der Waals surface area contributed by atoms with Crippen molar-refractivity contribution in [3.8, 4) is 0 Å². The van der Waals surface area contributed by atoms with Gasteiger partial charge in [-0.25, -0.2) is 17.5 Å². The zero-order chi connectivity index (χ0) is 15.6. The largest absolute Gasteiger partial charge is 0.398 e. The van der Waals surface area contributed by atoms with Crippen LogP contribution in [0.15, 0.2) is 45.8 Å². The van der Waals surface area contributed by atoms with Gasteiger partial charge in [0.25, 0.3) is 0 Å². The second-order valence-corrected chi connectivity index (χ2v) is 6.98. The minimum Gasteiger partial charge on any atom is -0.398 e. The van der Waals surface area contributed by atoms with Gasteiger partial charge in [0, 0.05) is 10.2 Å². The summed E-state index contributed by atoms with van der Waals surface area (Å²) in [4.78, 5) is -0.0215. The molecule has 0 fully saturated rings. The van der Waals surface area contributed by atoms with E-state index in [0.717, 1.165) is 0 Å². The van der Waals surface area contributed by atoms with Crippen LogP contribution < -0.4 is 15.8 Å². The molecule has 0 aliphatic heterocycles. The minimum absolute atomic E-state index is 0.0215. The Bertz CT molecular complexity index is 781. The fourth-order valence-electron chi connectivity index (χ4n) is 1.73. The van der Waals surface area contributed by atoms with Gasteiger partial charge >= 0.3 is 0 Å². The fourth-order valence-corrected chi connectivity index (χ4v) is 2.90. The number of hydrogen-bond donors (Lipinski definition) is 3. The highest BCUT2D eigenvalue weighted by Gasteiger charge is 2.15. The molecule has 0 aromatic heterocycles. The van der Waals surface area contributed by atoms with Crippen molar-refractivity contribution >= 4 is 43.0 Å². The summed E-state index contributed by atoms with van der Waals surface area (Å²) in [7, 11) is -2.31. The summed E-state index contributed by atoms with van der Waals surface area (Å²) in [5.74, 6) is -0.435. The molecule has 0 saturated heterocycles. The molecule has 2 aromatic carbocycles.